The van der Waals surface area contributed by atoms with Crippen molar-refractivity contribution in [1.29, 1.82) is 0 Å². The van der Waals surface area contributed by atoms with Gasteiger partial charge < -0.3 is 0 Å². The van der Waals surface area contributed by atoms with Gasteiger partial charge in [-0.1, -0.05) is 30.3 Å². The average molecular weight is 163 g/mol. The van der Waals surface area contributed by atoms with Crippen LogP contribution in [0.5, 0.6) is 0 Å². The summed E-state index contributed by atoms with van der Waals surface area (Å²) in [4.78, 5) is 0. The van der Waals surface area contributed by atoms with Crippen molar-refractivity contribution < 1.29 is 0 Å². The van der Waals surface area contributed by atoms with Gasteiger partial charge in [0.25, 0.3) is 0 Å². The van der Waals surface area contributed by atoms with Crippen molar-refractivity contribution in [3.8, 4) is 0 Å². The van der Waals surface area contributed by atoms with E-state index in [-0.39, 0.29) is 88.7 Å². The second-order valence-electron chi connectivity index (χ2n) is 1.49. The van der Waals surface area contributed by atoms with Gasteiger partial charge in [0.05, 0.1) is 0 Å². The Morgan fingerprint density at radius 1 is 0.800 bits per heavy atom. The summed E-state index contributed by atoms with van der Waals surface area (Å²) in [5.74, 6) is 0. The van der Waals surface area contributed by atoms with Crippen molar-refractivity contribution in [2.75, 3.05) is 0 Å². The summed E-state index contributed by atoms with van der Waals surface area (Å²) in [5, 5.41) is 0. The van der Waals surface area contributed by atoms with E-state index in [2.05, 4.69) is 6.92 Å². The first kappa shape index (κ1) is 18.1. The SMILES string of the molecule is [CH2]c1ccccc1.[NaH].[NaH].[NaH]. The molecule has 41 valence electrons. The molecule has 0 aromatic heterocycles. The third kappa shape index (κ3) is 8.32. The quantitative estimate of drug-likeness (QED) is 0.469. The Balaban J connectivity index is -0.000000163. The molecule has 0 spiro atoms. The Kier molecular flexibility index (Phi) is 20.3. The molecule has 0 aliphatic heterocycles. The van der Waals surface area contributed by atoms with Crippen LogP contribution in [0.2, 0.25) is 0 Å². The summed E-state index contributed by atoms with van der Waals surface area (Å²) >= 11 is 0. The summed E-state index contributed by atoms with van der Waals surface area (Å²) in [7, 11) is 0. The minimum atomic E-state index is 0. The first-order chi connectivity index (χ1) is 3.39. The van der Waals surface area contributed by atoms with E-state index in [4.69, 9.17) is 0 Å². The molecule has 10 heavy (non-hydrogen) atoms. The molecule has 0 aliphatic carbocycles. The molecule has 0 saturated carbocycles. The van der Waals surface area contributed by atoms with E-state index in [1.54, 1.807) is 0 Å². The van der Waals surface area contributed by atoms with Crippen molar-refractivity contribution in [3.05, 3.63) is 42.8 Å². The Hall–Kier alpha value is 2.22. The molecule has 0 amide bonds. The van der Waals surface area contributed by atoms with Crippen LogP contribution < -0.4 is 0 Å². The molecule has 0 nitrogen and oxygen atoms in total. The summed E-state index contributed by atoms with van der Waals surface area (Å²) in [6.07, 6.45) is 0. The third-order valence-corrected chi connectivity index (χ3v) is 0.843. The van der Waals surface area contributed by atoms with Crippen LogP contribution in [-0.2, 0) is 0 Å². The monoisotopic (exact) mass is 163 g/mol. The molecule has 0 heterocycles. The topological polar surface area (TPSA) is 0 Å². The minimum absolute atomic E-state index is 0. The molecular formula is C7H10Na3. The van der Waals surface area contributed by atoms with Gasteiger partial charge in [0.15, 0.2) is 0 Å². The van der Waals surface area contributed by atoms with Crippen molar-refractivity contribution >= 4 is 88.7 Å². The second kappa shape index (κ2) is 11.2. The van der Waals surface area contributed by atoms with E-state index < -0.39 is 0 Å². The molecule has 1 radical (unpaired) electrons. The number of benzene rings is 1. The molecule has 0 aliphatic rings. The van der Waals surface area contributed by atoms with Gasteiger partial charge in [-0.3, -0.25) is 0 Å². The summed E-state index contributed by atoms with van der Waals surface area (Å²) in [6, 6.07) is 9.87. The van der Waals surface area contributed by atoms with Crippen molar-refractivity contribution in [3.63, 3.8) is 0 Å². The first-order valence-corrected chi connectivity index (χ1v) is 2.26. The molecule has 0 fully saturated rings. The fourth-order valence-electron chi connectivity index (χ4n) is 0.478. The van der Waals surface area contributed by atoms with E-state index in [0.29, 0.717) is 0 Å². The molecule has 1 rings (SSSR count). The van der Waals surface area contributed by atoms with Crippen LogP contribution in [0.3, 0.4) is 0 Å². The van der Waals surface area contributed by atoms with Crippen LogP contribution in [0.4, 0.5) is 0 Å². The molecule has 3 heteroatoms. The van der Waals surface area contributed by atoms with Gasteiger partial charge in [-0.25, -0.2) is 0 Å². The van der Waals surface area contributed by atoms with Crippen molar-refractivity contribution in [2.24, 2.45) is 0 Å². The first-order valence-electron chi connectivity index (χ1n) is 2.26. The predicted molar refractivity (Wildman–Crippen MR) is 52.3 cm³/mol. The van der Waals surface area contributed by atoms with Gasteiger partial charge in [0.1, 0.15) is 0 Å². The number of hydrogen-bond acceptors (Lipinski definition) is 0. The van der Waals surface area contributed by atoms with Gasteiger partial charge in [-0.05, 0) is 12.5 Å². The standard InChI is InChI=1S/C7H7.3Na.3H/c1-7-5-3-2-4-6-7;;;;;;/h2-6H,1H2;;;;;;. The Morgan fingerprint density at radius 3 is 1.40 bits per heavy atom. The average Bonchev–Trinajstić information content (AvgIpc) is 1.69. The van der Waals surface area contributed by atoms with Gasteiger partial charge >= 0.3 is 88.7 Å². The zero-order chi connectivity index (χ0) is 5.11. The molecular weight excluding hydrogens is 153 g/mol. The van der Waals surface area contributed by atoms with E-state index in [1.165, 1.54) is 0 Å². The van der Waals surface area contributed by atoms with Crippen LogP contribution in [0.25, 0.3) is 0 Å². The Bertz CT molecular complexity index is 139. The molecule has 0 atom stereocenters. The molecule has 0 N–H and O–H groups in total. The van der Waals surface area contributed by atoms with E-state index in [9.17, 15) is 0 Å². The molecule has 1 aromatic rings. The molecule has 0 bridgehead atoms. The van der Waals surface area contributed by atoms with Crippen LogP contribution in [0, 0.1) is 6.92 Å². The molecule has 0 saturated heterocycles. The second-order valence-corrected chi connectivity index (χ2v) is 1.49. The maximum atomic E-state index is 3.72. The van der Waals surface area contributed by atoms with Crippen LogP contribution >= 0.6 is 0 Å². The fraction of sp³-hybridized carbons (Fsp3) is 0. The summed E-state index contributed by atoms with van der Waals surface area (Å²) < 4.78 is 0. The number of hydrogen-bond donors (Lipinski definition) is 0. The Labute approximate surface area is 129 Å². The predicted octanol–water partition coefficient (Wildman–Crippen LogP) is -0.0767. The Morgan fingerprint density at radius 2 is 1.20 bits per heavy atom. The zero-order valence-electron chi connectivity index (χ0n) is 4.09. The van der Waals surface area contributed by atoms with Crippen LogP contribution in [0.1, 0.15) is 5.56 Å². The fourth-order valence-corrected chi connectivity index (χ4v) is 0.478. The van der Waals surface area contributed by atoms with Gasteiger partial charge in [-0.15, -0.1) is 0 Å². The maximum absolute atomic E-state index is 3.72. The van der Waals surface area contributed by atoms with E-state index >= 15 is 0 Å². The van der Waals surface area contributed by atoms with Crippen LogP contribution in [-0.4, -0.2) is 88.7 Å². The van der Waals surface area contributed by atoms with Crippen molar-refractivity contribution in [2.45, 2.75) is 0 Å². The number of rotatable bonds is 0. The van der Waals surface area contributed by atoms with Gasteiger partial charge in [-0.2, -0.15) is 0 Å². The van der Waals surface area contributed by atoms with Crippen molar-refractivity contribution in [1.82, 2.24) is 0 Å². The summed E-state index contributed by atoms with van der Waals surface area (Å²) in [6.45, 7) is 3.72. The van der Waals surface area contributed by atoms with E-state index in [1.807, 2.05) is 30.3 Å². The normalized spacial score (nSPS) is 6.10. The summed E-state index contributed by atoms with van der Waals surface area (Å²) in [5.41, 5.74) is 1.07. The third-order valence-electron chi connectivity index (χ3n) is 0.843. The molecule has 1 aromatic carbocycles. The van der Waals surface area contributed by atoms with Crippen LogP contribution in [0.15, 0.2) is 30.3 Å². The zero-order valence-corrected chi connectivity index (χ0v) is 4.09. The van der Waals surface area contributed by atoms with Gasteiger partial charge in [0.2, 0.25) is 0 Å². The van der Waals surface area contributed by atoms with Gasteiger partial charge in [0, 0.05) is 0 Å². The van der Waals surface area contributed by atoms with E-state index in [0.717, 1.165) is 5.56 Å². The molecule has 0 unspecified atom stereocenters.